The number of nitrogens with one attached hydrogen (secondary N) is 1. The maximum atomic E-state index is 13.0. The molecule has 0 radical (unpaired) electrons. The highest BCUT2D eigenvalue weighted by atomic mass is 16.1. The van der Waals surface area contributed by atoms with Crippen molar-refractivity contribution in [3.05, 3.63) is 118 Å². The average molecular weight is 477 g/mol. The van der Waals surface area contributed by atoms with Gasteiger partial charge in [0.15, 0.2) is 0 Å². The first-order valence-corrected chi connectivity index (χ1v) is 11.9. The number of fused-ring (bicyclic) bond motifs is 1. The van der Waals surface area contributed by atoms with Crippen molar-refractivity contribution in [3.8, 4) is 0 Å². The first-order chi connectivity index (χ1) is 17.5. The molecule has 0 saturated carbocycles. The van der Waals surface area contributed by atoms with Crippen LogP contribution >= 0.6 is 0 Å². The minimum atomic E-state index is -0.124. The van der Waals surface area contributed by atoms with Gasteiger partial charge < -0.3 is 11.1 Å². The summed E-state index contributed by atoms with van der Waals surface area (Å²) in [6.07, 6.45) is 7.79. The van der Waals surface area contributed by atoms with E-state index in [1.807, 2.05) is 42.1 Å². The molecule has 0 aliphatic carbocycles. The van der Waals surface area contributed by atoms with Crippen molar-refractivity contribution < 1.29 is 4.79 Å². The molecule has 3 heterocycles. The molecule has 0 aliphatic heterocycles. The number of aromatic nitrogens is 4. The number of nitrogens with two attached hydrogens (primary N) is 1. The number of anilines is 1. The standard InChI is InChI=1S/C29H28N6O/c1-19-14-26-25(9-12-32-28(26)30)20(2)27(19)17-33-29(36)23-8-11-31-24(16-23)15-21-4-6-22(7-5-21)18-35-13-3-10-34-35/h3-14,16H,15,17-18H2,1-2H3,(H2,30,32)(H,33,36). The van der Waals surface area contributed by atoms with Gasteiger partial charge in [-0.05, 0) is 77.4 Å². The maximum absolute atomic E-state index is 13.0. The van der Waals surface area contributed by atoms with Crippen LogP contribution < -0.4 is 11.1 Å². The predicted molar refractivity (Wildman–Crippen MR) is 142 cm³/mol. The number of aryl methyl sites for hydroxylation is 2. The first kappa shape index (κ1) is 23.2. The van der Waals surface area contributed by atoms with Crippen molar-refractivity contribution in [2.24, 2.45) is 0 Å². The lowest BCUT2D eigenvalue weighted by atomic mass is 9.96. The van der Waals surface area contributed by atoms with Crippen LogP contribution in [0.5, 0.6) is 0 Å². The third-order valence-corrected chi connectivity index (χ3v) is 6.53. The molecule has 36 heavy (non-hydrogen) atoms. The quantitative estimate of drug-likeness (QED) is 0.358. The van der Waals surface area contributed by atoms with E-state index in [0.29, 0.717) is 24.3 Å². The fraction of sp³-hybridized carbons (Fsp3) is 0.172. The molecule has 3 N–H and O–H groups in total. The van der Waals surface area contributed by atoms with Gasteiger partial charge in [0.05, 0.1) is 6.54 Å². The van der Waals surface area contributed by atoms with Crippen molar-refractivity contribution in [1.29, 1.82) is 0 Å². The fourth-order valence-corrected chi connectivity index (χ4v) is 4.54. The van der Waals surface area contributed by atoms with Crippen LogP contribution in [-0.2, 0) is 19.5 Å². The van der Waals surface area contributed by atoms with Gasteiger partial charge in [-0.25, -0.2) is 4.98 Å². The molecule has 0 fully saturated rings. The number of nitrogens with zero attached hydrogens (tertiary/aromatic N) is 4. The Balaban J connectivity index is 1.26. The molecule has 7 heteroatoms. The van der Waals surface area contributed by atoms with E-state index in [0.717, 1.165) is 45.3 Å². The number of rotatable bonds is 7. The van der Waals surface area contributed by atoms with Crippen molar-refractivity contribution in [1.82, 2.24) is 25.1 Å². The van der Waals surface area contributed by atoms with Gasteiger partial charge in [0.25, 0.3) is 5.91 Å². The maximum Gasteiger partial charge on any atom is 0.251 e. The number of nitrogen functional groups attached to an aromatic ring is 1. The van der Waals surface area contributed by atoms with Crippen LogP contribution in [0.25, 0.3) is 10.8 Å². The molecular formula is C29H28N6O. The monoisotopic (exact) mass is 476 g/mol. The second-order valence-corrected chi connectivity index (χ2v) is 9.00. The van der Waals surface area contributed by atoms with Crippen molar-refractivity contribution in [2.75, 3.05) is 5.73 Å². The van der Waals surface area contributed by atoms with Gasteiger partial charge in [0.2, 0.25) is 0 Å². The molecule has 0 unspecified atom stereocenters. The minimum absolute atomic E-state index is 0.124. The molecule has 0 aliphatic rings. The number of benzene rings is 2. The Bertz CT molecular complexity index is 1520. The average Bonchev–Trinajstić information content (AvgIpc) is 3.39. The van der Waals surface area contributed by atoms with Gasteiger partial charge >= 0.3 is 0 Å². The SMILES string of the molecule is Cc1cc2c(N)nccc2c(C)c1CNC(=O)c1ccnc(Cc2ccc(Cn3cccn3)cc2)c1. The number of hydrogen-bond acceptors (Lipinski definition) is 5. The normalized spacial score (nSPS) is 11.1. The summed E-state index contributed by atoms with van der Waals surface area (Å²) in [5.41, 5.74) is 13.1. The molecule has 2 aromatic carbocycles. The highest BCUT2D eigenvalue weighted by molar-refractivity contribution is 5.96. The summed E-state index contributed by atoms with van der Waals surface area (Å²) >= 11 is 0. The van der Waals surface area contributed by atoms with E-state index in [9.17, 15) is 4.79 Å². The van der Waals surface area contributed by atoms with Crippen molar-refractivity contribution >= 4 is 22.5 Å². The second-order valence-electron chi connectivity index (χ2n) is 9.00. The van der Waals surface area contributed by atoms with Gasteiger partial charge in [-0.3, -0.25) is 14.5 Å². The lowest BCUT2D eigenvalue weighted by Gasteiger charge is -2.15. The third-order valence-electron chi connectivity index (χ3n) is 6.53. The van der Waals surface area contributed by atoms with Gasteiger partial charge in [-0.1, -0.05) is 24.3 Å². The lowest BCUT2D eigenvalue weighted by Crippen LogP contribution is -2.24. The smallest absolute Gasteiger partial charge is 0.251 e. The number of pyridine rings is 2. The van der Waals surface area contributed by atoms with E-state index in [1.165, 1.54) is 5.56 Å². The summed E-state index contributed by atoms with van der Waals surface area (Å²) < 4.78 is 1.90. The predicted octanol–water partition coefficient (Wildman–Crippen LogP) is 4.59. The van der Waals surface area contributed by atoms with E-state index in [1.54, 1.807) is 24.7 Å². The second kappa shape index (κ2) is 10.00. The van der Waals surface area contributed by atoms with Crippen LogP contribution in [0.15, 0.2) is 79.4 Å². The Labute approximate surface area is 210 Å². The highest BCUT2D eigenvalue weighted by Gasteiger charge is 2.13. The van der Waals surface area contributed by atoms with Crippen LogP contribution in [0.2, 0.25) is 0 Å². The zero-order chi connectivity index (χ0) is 25.1. The molecule has 0 saturated heterocycles. The zero-order valence-corrected chi connectivity index (χ0v) is 20.4. The summed E-state index contributed by atoms with van der Waals surface area (Å²) in [7, 11) is 0. The van der Waals surface area contributed by atoms with Gasteiger partial charge in [-0.15, -0.1) is 0 Å². The number of carbonyl (C=O) groups is 1. The Hall–Kier alpha value is -4.52. The van der Waals surface area contributed by atoms with E-state index in [4.69, 9.17) is 5.73 Å². The molecule has 0 atom stereocenters. The van der Waals surface area contributed by atoms with Crippen LogP contribution in [0.4, 0.5) is 5.82 Å². The lowest BCUT2D eigenvalue weighted by molar-refractivity contribution is 0.0950. The van der Waals surface area contributed by atoms with Crippen LogP contribution in [0.3, 0.4) is 0 Å². The van der Waals surface area contributed by atoms with Crippen LogP contribution in [0.1, 0.15) is 43.9 Å². The molecule has 5 rings (SSSR count). The van der Waals surface area contributed by atoms with Crippen LogP contribution in [0, 0.1) is 13.8 Å². The summed E-state index contributed by atoms with van der Waals surface area (Å²) in [6.45, 7) is 5.26. The summed E-state index contributed by atoms with van der Waals surface area (Å²) in [4.78, 5) is 21.6. The Morgan fingerprint density at radius 1 is 0.944 bits per heavy atom. The molecule has 0 spiro atoms. The summed E-state index contributed by atoms with van der Waals surface area (Å²) in [5.74, 6) is 0.396. The van der Waals surface area contributed by atoms with Gasteiger partial charge in [0.1, 0.15) is 5.82 Å². The number of carbonyl (C=O) groups excluding carboxylic acids is 1. The van der Waals surface area contributed by atoms with E-state index in [-0.39, 0.29) is 5.91 Å². The van der Waals surface area contributed by atoms with E-state index < -0.39 is 0 Å². The molecule has 180 valence electrons. The number of amides is 1. The van der Waals surface area contributed by atoms with Gasteiger partial charge in [0, 0.05) is 54.4 Å². The van der Waals surface area contributed by atoms with E-state index in [2.05, 4.69) is 51.6 Å². The van der Waals surface area contributed by atoms with Gasteiger partial charge in [-0.2, -0.15) is 5.10 Å². The zero-order valence-electron chi connectivity index (χ0n) is 20.4. The van der Waals surface area contributed by atoms with Crippen molar-refractivity contribution in [2.45, 2.75) is 33.4 Å². The Morgan fingerprint density at radius 3 is 2.50 bits per heavy atom. The molecule has 7 nitrogen and oxygen atoms in total. The molecule has 0 bridgehead atoms. The summed E-state index contributed by atoms with van der Waals surface area (Å²) in [5, 5.41) is 9.32. The molecule has 5 aromatic rings. The molecule has 1 amide bonds. The Morgan fingerprint density at radius 2 is 1.72 bits per heavy atom. The first-order valence-electron chi connectivity index (χ1n) is 11.9. The molecular weight excluding hydrogens is 448 g/mol. The third kappa shape index (κ3) is 4.95. The Kier molecular flexibility index (Phi) is 6.45. The highest BCUT2D eigenvalue weighted by Crippen LogP contribution is 2.28. The van der Waals surface area contributed by atoms with Crippen LogP contribution in [-0.4, -0.2) is 25.7 Å². The minimum Gasteiger partial charge on any atom is -0.383 e. The molecule has 3 aromatic heterocycles. The summed E-state index contributed by atoms with van der Waals surface area (Å²) in [6, 6.07) is 17.9. The number of hydrogen-bond donors (Lipinski definition) is 2. The van der Waals surface area contributed by atoms with E-state index >= 15 is 0 Å². The fourth-order valence-electron chi connectivity index (χ4n) is 4.54. The largest absolute Gasteiger partial charge is 0.383 e. The topological polar surface area (TPSA) is 98.7 Å². The van der Waals surface area contributed by atoms with Crippen molar-refractivity contribution in [3.63, 3.8) is 0 Å².